The molecule has 1 aromatic heterocycles. The molecule has 0 fully saturated rings. The summed E-state index contributed by atoms with van der Waals surface area (Å²) in [5.74, 6) is -0.288. The van der Waals surface area contributed by atoms with E-state index >= 15 is 0 Å². The van der Waals surface area contributed by atoms with Crippen LogP contribution in [0, 0.1) is 0 Å². The number of primary amides is 1. The molecule has 1 aliphatic heterocycles. The second kappa shape index (κ2) is 11.4. The first-order valence-electron chi connectivity index (χ1n) is 11.4. The van der Waals surface area contributed by atoms with E-state index in [2.05, 4.69) is 20.9 Å². The molecule has 0 spiro atoms. The highest BCUT2D eigenvalue weighted by Crippen LogP contribution is 2.24. The molecule has 10 nitrogen and oxygen atoms in total. The quantitative estimate of drug-likeness (QED) is 0.339. The van der Waals surface area contributed by atoms with Gasteiger partial charge in [-0.1, -0.05) is 30.7 Å². The molecular formula is C26H25ClN6O4. The van der Waals surface area contributed by atoms with Crippen LogP contribution in [0.4, 0.5) is 5.69 Å². The van der Waals surface area contributed by atoms with E-state index in [-0.39, 0.29) is 36.2 Å². The number of aromatic nitrogens is 1. The second-order valence-electron chi connectivity index (χ2n) is 8.10. The molecule has 4 rings (SSSR count). The zero-order valence-corrected chi connectivity index (χ0v) is 20.7. The van der Waals surface area contributed by atoms with Gasteiger partial charge in [-0.25, -0.2) is 0 Å². The van der Waals surface area contributed by atoms with E-state index in [1.807, 2.05) is 12.1 Å². The summed E-state index contributed by atoms with van der Waals surface area (Å²) in [6.45, 7) is 1.98. The maximum Gasteiger partial charge on any atom is 0.275 e. The summed E-state index contributed by atoms with van der Waals surface area (Å²) in [5, 5.41) is 9.65. The van der Waals surface area contributed by atoms with Crippen LogP contribution in [0.1, 0.15) is 29.4 Å². The third-order valence-corrected chi connectivity index (χ3v) is 5.68. The molecule has 0 radical (unpaired) electrons. The van der Waals surface area contributed by atoms with Gasteiger partial charge < -0.3 is 26.4 Å². The molecule has 0 saturated carbocycles. The molecule has 0 aliphatic carbocycles. The number of amides is 3. The van der Waals surface area contributed by atoms with Crippen LogP contribution in [0.3, 0.4) is 0 Å². The average molecular weight is 521 g/mol. The molecule has 37 heavy (non-hydrogen) atoms. The van der Waals surface area contributed by atoms with Gasteiger partial charge in [-0.05, 0) is 48.0 Å². The molecule has 0 bridgehead atoms. The van der Waals surface area contributed by atoms with Gasteiger partial charge >= 0.3 is 0 Å². The van der Waals surface area contributed by atoms with Gasteiger partial charge in [0.15, 0.2) is 6.29 Å². The monoisotopic (exact) mass is 520 g/mol. The number of carbonyl (C=O) groups excluding carboxylic acids is 3. The Balaban J connectivity index is 1.50. The van der Waals surface area contributed by atoms with Gasteiger partial charge in [-0.3, -0.25) is 24.3 Å². The molecule has 0 saturated heterocycles. The Morgan fingerprint density at radius 2 is 1.84 bits per heavy atom. The van der Waals surface area contributed by atoms with Crippen LogP contribution in [0.15, 0.2) is 78.8 Å². The normalized spacial score (nSPS) is 14.9. The number of halogens is 1. The van der Waals surface area contributed by atoms with E-state index in [1.165, 1.54) is 18.5 Å². The predicted octanol–water partition coefficient (Wildman–Crippen LogP) is 3.32. The lowest BCUT2D eigenvalue weighted by Gasteiger charge is -2.37. The van der Waals surface area contributed by atoms with Crippen molar-refractivity contribution >= 4 is 35.0 Å². The molecule has 1 aliphatic rings. The number of pyridine rings is 1. The number of hydrogen-bond acceptors (Lipinski definition) is 7. The van der Waals surface area contributed by atoms with Crippen LogP contribution in [-0.4, -0.2) is 33.9 Å². The average Bonchev–Trinajstić information content (AvgIpc) is 2.90. The van der Waals surface area contributed by atoms with Crippen molar-refractivity contribution in [3.63, 3.8) is 0 Å². The summed E-state index contributed by atoms with van der Waals surface area (Å²) < 4.78 is 5.79. The predicted molar refractivity (Wildman–Crippen MR) is 138 cm³/mol. The Labute approximate surface area is 218 Å². The van der Waals surface area contributed by atoms with E-state index in [1.54, 1.807) is 54.3 Å². The first-order chi connectivity index (χ1) is 17.8. The highest BCUT2D eigenvalue weighted by atomic mass is 35.5. The molecular weight excluding hydrogens is 496 g/mol. The summed E-state index contributed by atoms with van der Waals surface area (Å²) in [4.78, 5) is 42.0. The molecule has 1 atom stereocenters. The number of nitrogens with one attached hydrogen (secondary N) is 3. The van der Waals surface area contributed by atoms with E-state index in [4.69, 9.17) is 22.1 Å². The minimum absolute atomic E-state index is 0.104. The largest absolute Gasteiger partial charge is 0.457 e. The minimum atomic E-state index is -0.644. The van der Waals surface area contributed by atoms with Crippen LogP contribution in [0.5, 0.6) is 11.5 Å². The van der Waals surface area contributed by atoms with Crippen molar-refractivity contribution in [2.24, 2.45) is 5.73 Å². The number of benzene rings is 2. The SMILES string of the molecule is CCC(=O)NC1=CNC(Nc2ccc(Oc3ccnc(C(N)=O)c3)cc2)N(Cc2ccc(Cl)cc2)C1=O. The van der Waals surface area contributed by atoms with Crippen molar-refractivity contribution in [1.82, 2.24) is 20.5 Å². The first-order valence-corrected chi connectivity index (χ1v) is 11.8. The number of hydrogen-bond donors (Lipinski definition) is 4. The number of ether oxygens (including phenoxy) is 1. The fourth-order valence-corrected chi connectivity index (χ4v) is 3.63. The molecule has 1 unspecified atom stereocenters. The lowest BCUT2D eigenvalue weighted by molar-refractivity contribution is -0.133. The Bertz CT molecular complexity index is 1330. The van der Waals surface area contributed by atoms with Crippen molar-refractivity contribution in [3.05, 3.63) is 95.0 Å². The highest BCUT2D eigenvalue weighted by Gasteiger charge is 2.31. The van der Waals surface area contributed by atoms with Gasteiger partial charge in [-0.15, -0.1) is 0 Å². The van der Waals surface area contributed by atoms with Crippen molar-refractivity contribution in [2.45, 2.75) is 26.2 Å². The molecule has 11 heteroatoms. The number of rotatable bonds is 9. The van der Waals surface area contributed by atoms with Crippen LogP contribution in [0.2, 0.25) is 5.02 Å². The summed E-state index contributed by atoms with van der Waals surface area (Å²) in [7, 11) is 0. The Morgan fingerprint density at radius 3 is 2.51 bits per heavy atom. The zero-order chi connectivity index (χ0) is 26.4. The molecule has 190 valence electrons. The maximum absolute atomic E-state index is 13.3. The smallest absolute Gasteiger partial charge is 0.275 e. The van der Waals surface area contributed by atoms with Gasteiger partial charge in [0.25, 0.3) is 11.8 Å². The Hall–Kier alpha value is -4.57. The van der Waals surface area contributed by atoms with Gasteiger partial charge in [0.1, 0.15) is 22.9 Å². The Morgan fingerprint density at radius 1 is 1.11 bits per heavy atom. The van der Waals surface area contributed by atoms with Crippen LogP contribution < -0.4 is 26.4 Å². The van der Waals surface area contributed by atoms with E-state index in [0.717, 1.165) is 5.56 Å². The first kappa shape index (κ1) is 25.5. The van der Waals surface area contributed by atoms with Gasteiger partial charge in [0, 0.05) is 42.1 Å². The summed E-state index contributed by atoms with van der Waals surface area (Å²) in [6, 6.07) is 17.3. The van der Waals surface area contributed by atoms with Crippen LogP contribution in [-0.2, 0) is 16.1 Å². The topological polar surface area (TPSA) is 139 Å². The van der Waals surface area contributed by atoms with Crippen molar-refractivity contribution < 1.29 is 19.1 Å². The summed E-state index contributed by atoms with van der Waals surface area (Å²) >= 11 is 6.01. The van der Waals surface area contributed by atoms with Crippen molar-refractivity contribution in [3.8, 4) is 11.5 Å². The van der Waals surface area contributed by atoms with Crippen molar-refractivity contribution in [1.29, 1.82) is 0 Å². The molecule has 5 N–H and O–H groups in total. The Kier molecular flexibility index (Phi) is 7.89. The number of carbonyl (C=O) groups is 3. The third kappa shape index (κ3) is 6.56. The summed E-state index contributed by atoms with van der Waals surface area (Å²) in [6.07, 6.45) is 2.58. The third-order valence-electron chi connectivity index (χ3n) is 5.43. The molecule has 3 aromatic rings. The van der Waals surface area contributed by atoms with Gasteiger partial charge in [0.2, 0.25) is 5.91 Å². The lowest BCUT2D eigenvalue weighted by Crippen LogP contribution is -2.56. The molecule has 3 amide bonds. The van der Waals surface area contributed by atoms with Crippen LogP contribution >= 0.6 is 11.6 Å². The van der Waals surface area contributed by atoms with Crippen molar-refractivity contribution in [2.75, 3.05) is 5.32 Å². The van der Waals surface area contributed by atoms with Gasteiger partial charge in [0.05, 0.1) is 0 Å². The summed E-state index contributed by atoms with van der Waals surface area (Å²) in [5.41, 5.74) is 7.11. The van der Waals surface area contributed by atoms with E-state index < -0.39 is 12.2 Å². The second-order valence-corrected chi connectivity index (χ2v) is 8.54. The van der Waals surface area contributed by atoms with E-state index in [0.29, 0.717) is 22.2 Å². The van der Waals surface area contributed by atoms with E-state index in [9.17, 15) is 14.4 Å². The van der Waals surface area contributed by atoms with Gasteiger partial charge in [-0.2, -0.15) is 0 Å². The number of nitrogens with zero attached hydrogens (tertiary/aromatic N) is 2. The maximum atomic E-state index is 13.3. The minimum Gasteiger partial charge on any atom is -0.457 e. The standard InChI is InChI=1S/C26H25ClN6O4/c1-2-23(34)32-22-14-30-26(33(25(22)36)15-16-3-5-17(27)6-4-16)31-18-7-9-19(10-8-18)37-20-11-12-29-21(13-20)24(28)35/h3-14,26,30-31H,2,15H2,1H3,(H2,28,35)(H,32,34). The van der Waals surface area contributed by atoms with Crippen LogP contribution in [0.25, 0.3) is 0 Å². The molecule has 2 heterocycles. The molecule has 2 aromatic carbocycles. The highest BCUT2D eigenvalue weighted by molar-refractivity contribution is 6.30. The fourth-order valence-electron chi connectivity index (χ4n) is 3.51. The zero-order valence-electron chi connectivity index (χ0n) is 19.9. The lowest BCUT2D eigenvalue weighted by atomic mass is 10.2. The number of anilines is 1. The fraction of sp³-hybridized carbons (Fsp3) is 0.154. The number of nitrogens with two attached hydrogens (primary N) is 1.